The van der Waals surface area contributed by atoms with Crippen molar-refractivity contribution in [3.8, 4) is 6.07 Å². The van der Waals surface area contributed by atoms with Crippen LogP contribution in [0.4, 0.5) is 0 Å². The van der Waals surface area contributed by atoms with Crippen LogP contribution in [0.5, 0.6) is 0 Å². The number of hydrogen-bond donors (Lipinski definition) is 2. The van der Waals surface area contributed by atoms with E-state index in [0.717, 1.165) is 45.2 Å². The molecule has 0 unspecified atom stereocenters. The minimum absolute atomic E-state index is 0.159. The first-order valence-corrected chi connectivity index (χ1v) is 7.26. The first-order chi connectivity index (χ1) is 8.54. The molecular weight excluding hydrogens is 224 g/mol. The molecule has 0 aromatic rings. The van der Waals surface area contributed by atoms with Gasteiger partial charge in [-0.3, -0.25) is 0 Å². The van der Waals surface area contributed by atoms with Crippen LogP contribution in [0.15, 0.2) is 0 Å². The summed E-state index contributed by atoms with van der Waals surface area (Å²) < 4.78 is 0. The highest BCUT2D eigenvalue weighted by Gasteiger charge is 2.32. The van der Waals surface area contributed by atoms with Gasteiger partial charge in [-0.2, -0.15) is 5.26 Å². The monoisotopic (exact) mass is 252 g/mol. The van der Waals surface area contributed by atoms with Crippen LogP contribution in [0.2, 0.25) is 0 Å². The molecule has 0 heterocycles. The molecule has 0 atom stereocenters. The van der Waals surface area contributed by atoms with Gasteiger partial charge in [0.1, 0.15) is 0 Å². The summed E-state index contributed by atoms with van der Waals surface area (Å²) in [6.45, 7) is 6.27. The molecule has 0 aliphatic heterocycles. The van der Waals surface area contributed by atoms with Gasteiger partial charge in [-0.25, -0.2) is 0 Å². The zero-order chi connectivity index (χ0) is 13.5. The molecule has 1 fully saturated rings. The number of unbranched alkanes of at least 4 members (excludes halogenated alkanes) is 1. The maximum absolute atomic E-state index is 9.48. The summed E-state index contributed by atoms with van der Waals surface area (Å²) in [5, 5.41) is 21.9. The fraction of sp³-hybridized carbons (Fsp3) is 0.933. The molecule has 0 spiro atoms. The quantitative estimate of drug-likeness (QED) is 0.653. The van der Waals surface area contributed by atoms with E-state index in [2.05, 4.69) is 11.4 Å². The molecule has 0 radical (unpaired) electrons. The smallest absolute Gasteiger partial charge is 0.0683 e. The fourth-order valence-corrected chi connectivity index (χ4v) is 2.74. The maximum atomic E-state index is 9.48. The molecule has 1 aliphatic rings. The molecule has 0 aromatic carbocycles. The van der Waals surface area contributed by atoms with Gasteiger partial charge in [0.05, 0.1) is 11.5 Å². The molecule has 3 nitrogen and oxygen atoms in total. The summed E-state index contributed by atoms with van der Waals surface area (Å²) in [5.74, 6) is 0. The second kappa shape index (κ2) is 7.11. The lowest BCUT2D eigenvalue weighted by Crippen LogP contribution is -2.35. The summed E-state index contributed by atoms with van der Waals surface area (Å²) in [6, 6.07) is 2.34. The largest absolute Gasteiger partial charge is 0.396 e. The van der Waals surface area contributed by atoms with E-state index in [1.165, 1.54) is 12.8 Å². The predicted octanol–water partition coefficient (Wildman–Crippen LogP) is 2.85. The van der Waals surface area contributed by atoms with Crippen molar-refractivity contribution in [3.63, 3.8) is 0 Å². The minimum atomic E-state index is -0.183. The van der Waals surface area contributed by atoms with Crippen molar-refractivity contribution in [2.75, 3.05) is 19.7 Å². The van der Waals surface area contributed by atoms with E-state index >= 15 is 0 Å². The molecule has 2 N–H and O–H groups in total. The van der Waals surface area contributed by atoms with Gasteiger partial charge in [-0.1, -0.05) is 19.3 Å². The fourth-order valence-electron chi connectivity index (χ4n) is 2.74. The third kappa shape index (κ3) is 4.96. The Bertz CT molecular complexity index is 275. The average molecular weight is 252 g/mol. The summed E-state index contributed by atoms with van der Waals surface area (Å²) in [4.78, 5) is 0. The van der Waals surface area contributed by atoms with Crippen molar-refractivity contribution < 1.29 is 5.11 Å². The maximum Gasteiger partial charge on any atom is 0.0683 e. The van der Waals surface area contributed by atoms with Crippen molar-refractivity contribution in [1.82, 2.24) is 5.32 Å². The standard InChI is InChI=1S/C15H28N2O/c1-14(2,11-16)7-5-6-10-17-12-15(13-18)8-3-4-9-15/h17-18H,3-10,12-13H2,1-2H3. The Labute approximate surface area is 112 Å². The highest BCUT2D eigenvalue weighted by Crippen LogP contribution is 2.36. The molecule has 1 aliphatic carbocycles. The first kappa shape index (κ1) is 15.5. The number of nitrogens with one attached hydrogen (secondary N) is 1. The van der Waals surface area contributed by atoms with E-state index < -0.39 is 0 Å². The zero-order valence-electron chi connectivity index (χ0n) is 12.0. The zero-order valence-corrected chi connectivity index (χ0v) is 12.0. The number of nitriles is 1. The van der Waals surface area contributed by atoms with E-state index in [1.807, 2.05) is 13.8 Å². The van der Waals surface area contributed by atoms with Crippen LogP contribution >= 0.6 is 0 Å². The summed E-state index contributed by atoms with van der Waals surface area (Å²) in [5.41, 5.74) is -0.0241. The second-order valence-electron chi connectivity index (χ2n) is 6.49. The Balaban J connectivity index is 2.07. The summed E-state index contributed by atoms with van der Waals surface area (Å²) in [6.07, 6.45) is 8.04. The number of rotatable bonds is 8. The lowest BCUT2D eigenvalue weighted by atomic mass is 9.87. The topological polar surface area (TPSA) is 56.0 Å². The molecule has 0 amide bonds. The normalized spacial score (nSPS) is 18.8. The molecule has 0 aromatic heterocycles. The lowest BCUT2D eigenvalue weighted by Gasteiger charge is -2.26. The number of aliphatic hydroxyl groups excluding tert-OH is 1. The first-order valence-electron chi connectivity index (χ1n) is 7.26. The van der Waals surface area contributed by atoms with Crippen LogP contribution in [-0.4, -0.2) is 24.8 Å². The molecule has 1 rings (SSSR count). The van der Waals surface area contributed by atoms with E-state index in [4.69, 9.17) is 5.26 Å². The Morgan fingerprint density at radius 3 is 2.50 bits per heavy atom. The van der Waals surface area contributed by atoms with E-state index in [0.29, 0.717) is 6.61 Å². The van der Waals surface area contributed by atoms with E-state index in [1.54, 1.807) is 0 Å². The van der Waals surface area contributed by atoms with Crippen LogP contribution in [0, 0.1) is 22.2 Å². The molecule has 104 valence electrons. The Hall–Kier alpha value is -0.590. The molecule has 1 saturated carbocycles. The molecule has 0 saturated heterocycles. The van der Waals surface area contributed by atoms with Gasteiger partial charge in [-0.05, 0) is 46.1 Å². The average Bonchev–Trinajstić information content (AvgIpc) is 2.83. The molecule has 3 heteroatoms. The van der Waals surface area contributed by atoms with Crippen LogP contribution in [0.25, 0.3) is 0 Å². The number of hydrogen-bond acceptors (Lipinski definition) is 3. The van der Waals surface area contributed by atoms with Crippen molar-refractivity contribution in [1.29, 1.82) is 5.26 Å². The van der Waals surface area contributed by atoms with Crippen LogP contribution < -0.4 is 5.32 Å². The van der Waals surface area contributed by atoms with Gasteiger partial charge < -0.3 is 10.4 Å². The third-order valence-corrected chi connectivity index (χ3v) is 4.21. The van der Waals surface area contributed by atoms with Crippen molar-refractivity contribution in [2.24, 2.45) is 10.8 Å². The SMILES string of the molecule is CC(C)(C#N)CCCCNCC1(CO)CCCC1. The highest BCUT2D eigenvalue weighted by atomic mass is 16.3. The summed E-state index contributed by atoms with van der Waals surface area (Å²) in [7, 11) is 0. The molecule has 18 heavy (non-hydrogen) atoms. The second-order valence-corrected chi connectivity index (χ2v) is 6.49. The Kier molecular flexibility index (Phi) is 6.11. The predicted molar refractivity (Wildman–Crippen MR) is 74.1 cm³/mol. The Morgan fingerprint density at radius 2 is 1.94 bits per heavy atom. The van der Waals surface area contributed by atoms with Crippen molar-refractivity contribution in [3.05, 3.63) is 0 Å². The van der Waals surface area contributed by atoms with Gasteiger partial charge in [0.15, 0.2) is 0 Å². The summed E-state index contributed by atoms with van der Waals surface area (Å²) >= 11 is 0. The van der Waals surface area contributed by atoms with Gasteiger partial charge in [0.2, 0.25) is 0 Å². The van der Waals surface area contributed by atoms with Gasteiger partial charge in [0.25, 0.3) is 0 Å². The van der Waals surface area contributed by atoms with Crippen molar-refractivity contribution >= 4 is 0 Å². The van der Waals surface area contributed by atoms with E-state index in [-0.39, 0.29) is 10.8 Å². The van der Waals surface area contributed by atoms with Gasteiger partial charge in [-0.15, -0.1) is 0 Å². The van der Waals surface area contributed by atoms with Crippen LogP contribution in [0.3, 0.4) is 0 Å². The lowest BCUT2D eigenvalue weighted by molar-refractivity contribution is 0.128. The van der Waals surface area contributed by atoms with Crippen molar-refractivity contribution in [2.45, 2.75) is 58.8 Å². The molecular formula is C15H28N2O. The van der Waals surface area contributed by atoms with E-state index in [9.17, 15) is 5.11 Å². The van der Waals surface area contributed by atoms with Crippen LogP contribution in [0.1, 0.15) is 58.8 Å². The van der Waals surface area contributed by atoms with Gasteiger partial charge >= 0.3 is 0 Å². The molecule has 0 bridgehead atoms. The number of aliphatic hydroxyl groups is 1. The third-order valence-electron chi connectivity index (χ3n) is 4.21. The van der Waals surface area contributed by atoms with Gasteiger partial charge in [0, 0.05) is 18.6 Å². The minimum Gasteiger partial charge on any atom is -0.396 e. The number of nitrogens with zero attached hydrogens (tertiary/aromatic N) is 1. The highest BCUT2D eigenvalue weighted by molar-refractivity contribution is 4.91. The van der Waals surface area contributed by atoms with Crippen LogP contribution in [-0.2, 0) is 0 Å². The Morgan fingerprint density at radius 1 is 1.28 bits per heavy atom.